The van der Waals surface area contributed by atoms with Crippen molar-refractivity contribution in [2.24, 2.45) is 9.98 Å². The lowest BCUT2D eigenvalue weighted by molar-refractivity contribution is -0.118. The van der Waals surface area contributed by atoms with Crippen LogP contribution >= 0.6 is 0 Å². The third kappa shape index (κ3) is 5.27. The van der Waals surface area contributed by atoms with Gasteiger partial charge in [-0.05, 0) is 56.0 Å². The maximum atomic E-state index is 12.8. The minimum Gasteiger partial charge on any atom is -0.382 e. The molecule has 0 saturated heterocycles. The Hall–Kier alpha value is -3.28. The monoisotopic (exact) mass is 457 g/mol. The molecule has 2 aromatic rings. The minimum atomic E-state index is -0.0427. The number of aromatic nitrogens is 1. The molecular weight excluding hydrogens is 422 g/mol. The summed E-state index contributed by atoms with van der Waals surface area (Å²) in [5.74, 6) is -0.0427. The lowest BCUT2D eigenvalue weighted by Crippen LogP contribution is -2.41. The van der Waals surface area contributed by atoms with Gasteiger partial charge in [0.05, 0.1) is 16.9 Å². The molecule has 0 bridgehead atoms. The fraction of sp³-hybridized carbons (Fsp3) is 0.429. The van der Waals surface area contributed by atoms with Crippen molar-refractivity contribution in [1.82, 2.24) is 10.3 Å². The molecule has 1 aromatic carbocycles. The summed E-state index contributed by atoms with van der Waals surface area (Å²) in [6, 6.07) is 11.1. The molecule has 0 radical (unpaired) electrons. The average molecular weight is 458 g/mol. The molecule has 6 nitrogen and oxygen atoms in total. The van der Waals surface area contributed by atoms with Gasteiger partial charge in [0.2, 0.25) is 0 Å². The smallest absolute Gasteiger partial charge is 0.251 e. The SMILES string of the molecule is C/N=C1/C=CC(C(=O)NC2CCC(Nc3cc(C(C)(C)C)nc4ccccc34)CC2)=C/C1=N/C. The number of amides is 1. The molecule has 6 heteroatoms. The Labute approximate surface area is 202 Å². The molecule has 2 N–H and O–H groups in total. The van der Waals surface area contributed by atoms with Crippen molar-refractivity contribution < 1.29 is 4.79 Å². The van der Waals surface area contributed by atoms with Crippen LogP contribution in [0.2, 0.25) is 0 Å². The first kappa shape index (κ1) is 23.9. The maximum Gasteiger partial charge on any atom is 0.251 e. The number of hydrogen-bond donors (Lipinski definition) is 2. The van der Waals surface area contributed by atoms with Crippen molar-refractivity contribution in [3.05, 3.63) is 59.8 Å². The molecule has 2 aliphatic carbocycles. The second kappa shape index (κ2) is 9.92. The van der Waals surface area contributed by atoms with E-state index < -0.39 is 0 Å². The molecule has 0 aliphatic heterocycles. The Kier molecular flexibility index (Phi) is 6.96. The van der Waals surface area contributed by atoms with Crippen molar-refractivity contribution in [2.75, 3.05) is 19.4 Å². The largest absolute Gasteiger partial charge is 0.382 e. The van der Waals surface area contributed by atoms with Gasteiger partial charge in [-0.1, -0.05) is 39.0 Å². The van der Waals surface area contributed by atoms with Crippen LogP contribution in [-0.2, 0) is 10.2 Å². The molecule has 1 amide bonds. The van der Waals surface area contributed by atoms with Crippen LogP contribution in [0.15, 0.2) is 64.1 Å². The van der Waals surface area contributed by atoms with E-state index >= 15 is 0 Å². The molecule has 0 unspecified atom stereocenters. The number of aliphatic imine (C=N–C) groups is 2. The van der Waals surface area contributed by atoms with Gasteiger partial charge in [0, 0.05) is 53.9 Å². The number of fused-ring (bicyclic) bond motifs is 1. The molecule has 0 atom stereocenters. The number of nitrogens with zero attached hydrogens (tertiary/aromatic N) is 3. The first-order valence-electron chi connectivity index (χ1n) is 12.1. The highest BCUT2D eigenvalue weighted by molar-refractivity contribution is 6.52. The Balaban J connectivity index is 1.40. The second-order valence-corrected chi connectivity index (χ2v) is 10.1. The molecule has 1 saturated carbocycles. The van der Waals surface area contributed by atoms with Gasteiger partial charge in [0.15, 0.2) is 0 Å². The molecule has 178 valence electrons. The lowest BCUT2D eigenvalue weighted by Gasteiger charge is -2.31. The van der Waals surface area contributed by atoms with Crippen molar-refractivity contribution in [1.29, 1.82) is 0 Å². The summed E-state index contributed by atoms with van der Waals surface area (Å²) in [5, 5.41) is 8.17. The number of hydrogen-bond acceptors (Lipinski definition) is 5. The first-order valence-corrected chi connectivity index (χ1v) is 12.1. The number of anilines is 1. The number of carbonyl (C=O) groups excluding carboxylic acids is 1. The number of allylic oxidation sites excluding steroid dienone is 2. The summed E-state index contributed by atoms with van der Waals surface area (Å²) < 4.78 is 0. The quantitative estimate of drug-likeness (QED) is 0.634. The molecular formula is C28H35N5O. The number of para-hydroxylation sites is 1. The van der Waals surface area contributed by atoms with Crippen LogP contribution in [-0.4, -0.2) is 48.5 Å². The Morgan fingerprint density at radius 3 is 2.32 bits per heavy atom. The van der Waals surface area contributed by atoms with Crippen LogP contribution in [0.4, 0.5) is 5.69 Å². The van der Waals surface area contributed by atoms with Crippen LogP contribution in [0.1, 0.15) is 52.1 Å². The van der Waals surface area contributed by atoms with E-state index in [-0.39, 0.29) is 17.4 Å². The maximum absolute atomic E-state index is 12.8. The number of pyridine rings is 1. The van der Waals surface area contributed by atoms with Gasteiger partial charge in [0.1, 0.15) is 0 Å². The van der Waals surface area contributed by atoms with E-state index in [0.717, 1.165) is 59.4 Å². The zero-order valence-electron chi connectivity index (χ0n) is 20.9. The Bertz CT molecular complexity index is 1190. The standard InChI is InChI=1S/C28H35N5O/c1-28(2,3)26-17-24(21-8-6-7-9-22(21)33-26)31-19-11-13-20(14-12-19)32-27(34)18-10-15-23(29-4)25(16-18)30-5/h6-10,15-17,19-20H,11-14H2,1-5H3,(H,31,33)(H,32,34)/b29-23-,30-25-. The van der Waals surface area contributed by atoms with Crippen LogP contribution < -0.4 is 10.6 Å². The molecule has 2 aliphatic rings. The third-order valence-corrected chi connectivity index (χ3v) is 6.63. The summed E-state index contributed by atoms with van der Waals surface area (Å²) >= 11 is 0. The normalized spacial score (nSPS) is 23.3. The average Bonchev–Trinajstić information content (AvgIpc) is 2.84. The van der Waals surface area contributed by atoms with E-state index in [0.29, 0.717) is 11.6 Å². The van der Waals surface area contributed by atoms with Gasteiger partial charge < -0.3 is 10.6 Å². The van der Waals surface area contributed by atoms with E-state index in [9.17, 15) is 4.79 Å². The highest BCUT2D eigenvalue weighted by atomic mass is 16.1. The Morgan fingerprint density at radius 1 is 0.971 bits per heavy atom. The highest BCUT2D eigenvalue weighted by Crippen LogP contribution is 2.31. The predicted octanol–water partition coefficient (Wildman–Crippen LogP) is 5.01. The van der Waals surface area contributed by atoms with Gasteiger partial charge in [-0.3, -0.25) is 19.8 Å². The van der Waals surface area contributed by atoms with E-state index in [1.807, 2.05) is 24.3 Å². The molecule has 34 heavy (non-hydrogen) atoms. The van der Waals surface area contributed by atoms with E-state index in [2.05, 4.69) is 65.7 Å². The zero-order valence-corrected chi connectivity index (χ0v) is 20.9. The number of carbonyl (C=O) groups is 1. The first-order chi connectivity index (χ1) is 16.3. The van der Waals surface area contributed by atoms with Gasteiger partial charge in [-0.25, -0.2) is 0 Å². The van der Waals surface area contributed by atoms with E-state index in [4.69, 9.17) is 4.98 Å². The van der Waals surface area contributed by atoms with Gasteiger partial charge in [-0.15, -0.1) is 0 Å². The topological polar surface area (TPSA) is 78.7 Å². The zero-order chi connectivity index (χ0) is 24.3. The molecule has 4 rings (SSSR count). The predicted molar refractivity (Wildman–Crippen MR) is 142 cm³/mol. The molecule has 0 spiro atoms. The van der Waals surface area contributed by atoms with Crippen molar-refractivity contribution >= 4 is 33.9 Å². The summed E-state index contributed by atoms with van der Waals surface area (Å²) in [6.45, 7) is 6.59. The fourth-order valence-corrected chi connectivity index (χ4v) is 4.58. The number of benzene rings is 1. The lowest BCUT2D eigenvalue weighted by atomic mass is 9.89. The minimum absolute atomic E-state index is 0.0171. The van der Waals surface area contributed by atoms with Gasteiger partial charge in [-0.2, -0.15) is 0 Å². The fourth-order valence-electron chi connectivity index (χ4n) is 4.58. The van der Waals surface area contributed by atoms with Crippen LogP contribution in [0.3, 0.4) is 0 Å². The summed E-state index contributed by atoms with van der Waals surface area (Å²) in [5.41, 5.74) is 5.42. The van der Waals surface area contributed by atoms with E-state index in [1.54, 1.807) is 14.1 Å². The third-order valence-electron chi connectivity index (χ3n) is 6.63. The van der Waals surface area contributed by atoms with Crippen molar-refractivity contribution in [2.45, 2.75) is 64.0 Å². The highest BCUT2D eigenvalue weighted by Gasteiger charge is 2.25. The Morgan fingerprint density at radius 2 is 1.65 bits per heavy atom. The van der Waals surface area contributed by atoms with Crippen LogP contribution in [0, 0.1) is 0 Å². The van der Waals surface area contributed by atoms with Crippen LogP contribution in [0.5, 0.6) is 0 Å². The van der Waals surface area contributed by atoms with Gasteiger partial charge >= 0.3 is 0 Å². The summed E-state index contributed by atoms with van der Waals surface area (Å²) in [6.07, 6.45) is 9.40. The molecule has 1 aromatic heterocycles. The second-order valence-electron chi connectivity index (χ2n) is 10.1. The number of nitrogens with one attached hydrogen (secondary N) is 2. The molecule has 1 heterocycles. The van der Waals surface area contributed by atoms with E-state index in [1.165, 1.54) is 0 Å². The summed E-state index contributed by atoms with van der Waals surface area (Å²) in [4.78, 5) is 26.2. The molecule has 1 fully saturated rings. The van der Waals surface area contributed by atoms with Crippen LogP contribution in [0.25, 0.3) is 10.9 Å². The van der Waals surface area contributed by atoms with Crippen molar-refractivity contribution in [3.63, 3.8) is 0 Å². The number of rotatable bonds is 4. The van der Waals surface area contributed by atoms with Crippen molar-refractivity contribution in [3.8, 4) is 0 Å². The summed E-state index contributed by atoms with van der Waals surface area (Å²) in [7, 11) is 3.45. The van der Waals surface area contributed by atoms with Gasteiger partial charge in [0.25, 0.3) is 5.91 Å².